The van der Waals surface area contributed by atoms with Crippen molar-refractivity contribution in [2.75, 3.05) is 36.8 Å². The molecule has 124 valence electrons. The number of likely N-dealkylation sites (N-methyl/N-ethyl adjacent to an activating group) is 1. The van der Waals surface area contributed by atoms with E-state index in [9.17, 15) is 5.26 Å². The largest absolute Gasteiger partial charge is 0.368 e. The van der Waals surface area contributed by atoms with Gasteiger partial charge >= 0.3 is 0 Å². The molecular formula is C19H23N5. The van der Waals surface area contributed by atoms with E-state index in [0.717, 1.165) is 49.5 Å². The van der Waals surface area contributed by atoms with Crippen LogP contribution in [-0.2, 0) is 6.42 Å². The molecule has 0 saturated carbocycles. The van der Waals surface area contributed by atoms with Crippen molar-refractivity contribution in [2.45, 2.75) is 20.3 Å². The molecule has 1 aromatic carbocycles. The summed E-state index contributed by atoms with van der Waals surface area (Å²) in [5.41, 5.74) is 4.86. The van der Waals surface area contributed by atoms with E-state index in [2.05, 4.69) is 46.5 Å². The van der Waals surface area contributed by atoms with Crippen LogP contribution in [0.3, 0.4) is 0 Å². The molecule has 0 spiro atoms. The maximum absolute atomic E-state index is 9.64. The Hall–Kier alpha value is -2.58. The molecular weight excluding hydrogens is 298 g/mol. The molecule has 1 aliphatic rings. The number of para-hydroxylation sites is 1. The molecule has 5 nitrogen and oxygen atoms in total. The van der Waals surface area contributed by atoms with E-state index >= 15 is 0 Å². The van der Waals surface area contributed by atoms with E-state index in [4.69, 9.17) is 0 Å². The van der Waals surface area contributed by atoms with Gasteiger partial charge in [-0.3, -0.25) is 0 Å². The van der Waals surface area contributed by atoms with Crippen LogP contribution < -0.4 is 10.6 Å². The number of hydrogen-bond donors (Lipinski definition) is 2. The van der Waals surface area contributed by atoms with E-state index in [1.807, 2.05) is 24.4 Å². The minimum atomic E-state index is 0.599. The summed E-state index contributed by atoms with van der Waals surface area (Å²) in [6.45, 7) is 8.08. The molecule has 1 aromatic heterocycles. The number of nitrogens with one attached hydrogen (secondary N) is 2. The third-order valence-corrected chi connectivity index (χ3v) is 4.54. The van der Waals surface area contributed by atoms with Gasteiger partial charge in [-0.1, -0.05) is 32.0 Å². The summed E-state index contributed by atoms with van der Waals surface area (Å²) < 4.78 is 0. The summed E-state index contributed by atoms with van der Waals surface area (Å²) in [6.07, 6.45) is 2.68. The van der Waals surface area contributed by atoms with Gasteiger partial charge in [-0.05, 0) is 30.3 Å². The van der Waals surface area contributed by atoms with Crippen LogP contribution in [0, 0.1) is 11.3 Å². The Morgan fingerprint density at radius 2 is 2.04 bits per heavy atom. The molecule has 2 N–H and O–H groups in total. The molecule has 0 bridgehead atoms. The van der Waals surface area contributed by atoms with E-state index in [0.29, 0.717) is 11.4 Å². The Morgan fingerprint density at radius 3 is 2.79 bits per heavy atom. The summed E-state index contributed by atoms with van der Waals surface area (Å²) in [6, 6.07) is 10.5. The van der Waals surface area contributed by atoms with Crippen LogP contribution in [0.25, 0.3) is 0 Å². The van der Waals surface area contributed by atoms with Crippen LogP contribution in [0.5, 0.6) is 0 Å². The van der Waals surface area contributed by atoms with Crippen molar-refractivity contribution >= 4 is 17.2 Å². The van der Waals surface area contributed by atoms with Crippen LogP contribution in [0.15, 0.2) is 30.5 Å². The summed E-state index contributed by atoms with van der Waals surface area (Å²) in [4.78, 5) is 6.83. The van der Waals surface area contributed by atoms with Gasteiger partial charge in [0.25, 0.3) is 0 Å². The van der Waals surface area contributed by atoms with Crippen LogP contribution in [0.2, 0.25) is 0 Å². The summed E-state index contributed by atoms with van der Waals surface area (Å²) in [5.74, 6) is 0.662. The molecule has 0 atom stereocenters. The number of hydrogen-bond acceptors (Lipinski definition) is 5. The molecule has 5 heteroatoms. The minimum absolute atomic E-state index is 0.599. The highest BCUT2D eigenvalue weighted by molar-refractivity contribution is 5.79. The quantitative estimate of drug-likeness (QED) is 0.729. The maximum Gasteiger partial charge on any atom is 0.146 e. The standard InChI is InChI=1S/C19H23N5/c1-3-24(4-2)10-9-21-19-16(12-20)18-15(13-22-19)11-14-7-5-6-8-17(14)23-18/h5-8,13,23H,3-4,9-11H2,1-2H3,(H,21,22). The first-order chi connectivity index (χ1) is 11.8. The topological polar surface area (TPSA) is 64.0 Å². The molecule has 0 unspecified atom stereocenters. The summed E-state index contributed by atoms with van der Waals surface area (Å²) in [5, 5.41) is 16.4. The van der Waals surface area contributed by atoms with Crippen LogP contribution in [0.4, 0.5) is 17.2 Å². The van der Waals surface area contributed by atoms with Gasteiger partial charge in [0.2, 0.25) is 0 Å². The average Bonchev–Trinajstić information content (AvgIpc) is 2.63. The summed E-state index contributed by atoms with van der Waals surface area (Å²) >= 11 is 0. The lowest BCUT2D eigenvalue weighted by atomic mass is 9.96. The second-order valence-corrected chi connectivity index (χ2v) is 5.91. The molecule has 0 radical (unpaired) electrons. The van der Waals surface area contributed by atoms with Gasteiger partial charge in [0, 0.05) is 31.4 Å². The zero-order chi connectivity index (χ0) is 16.9. The third kappa shape index (κ3) is 3.19. The molecule has 24 heavy (non-hydrogen) atoms. The summed E-state index contributed by atoms with van der Waals surface area (Å²) in [7, 11) is 0. The van der Waals surface area contributed by atoms with Gasteiger partial charge in [-0.2, -0.15) is 5.26 Å². The number of nitrogens with zero attached hydrogens (tertiary/aromatic N) is 3. The highest BCUT2D eigenvalue weighted by Gasteiger charge is 2.20. The van der Waals surface area contributed by atoms with Gasteiger partial charge in [0.1, 0.15) is 17.5 Å². The predicted octanol–water partition coefficient (Wildman–Crippen LogP) is 3.35. The fourth-order valence-corrected chi connectivity index (χ4v) is 3.08. The van der Waals surface area contributed by atoms with Gasteiger partial charge in [0.05, 0.1) is 5.69 Å². The van der Waals surface area contributed by atoms with Crippen molar-refractivity contribution in [1.29, 1.82) is 5.26 Å². The predicted molar refractivity (Wildman–Crippen MR) is 97.8 cm³/mol. The van der Waals surface area contributed by atoms with E-state index in [1.54, 1.807) is 0 Å². The lowest BCUT2D eigenvalue weighted by Gasteiger charge is -2.23. The van der Waals surface area contributed by atoms with Crippen molar-refractivity contribution < 1.29 is 0 Å². The van der Waals surface area contributed by atoms with Crippen LogP contribution >= 0.6 is 0 Å². The molecule has 2 heterocycles. The second-order valence-electron chi connectivity index (χ2n) is 5.91. The molecule has 0 amide bonds. The van der Waals surface area contributed by atoms with Gasteiger partial charge in [0.15, 0.2) is 0 Å². The van der Waals surface area contributed by atoms with Crippen LogP contribution in [0.1, 0.15) is 30.5 Å². The number of nitriles is 1. The molecule has 1 aliphatic heterocycles. The van der Waals surface area contributed by atoms with Crippen molar-refractivity contribution in [3.8, 4) is 6.07 Å². The lowest BCUT2D eigenvalue weighted by molar-refractivity contribution is 0.316. The van der Waals surface area contributed by atoms with Crippen molar-refractivity contribution in [2.24, 2.45) is 0 Å². The van der Waals surface area contributed by atoms with Gasteiger partial charge in [-0.25, -0.2) is 4.98 Å². The monoisotopic (exact) mass is 321 g/mol. The smallest absolute Gasteiger partial charge is 0.146 e. The average molecular weight is 321 g/mol. The maximum atomic E-state index is 9.64. The number of pyridine rings is 1. The van der Waals surface area contributed by atoms with Crippen molar-refractivity contribution in [3.05, 3.63) is 47.2 Å². The normalized spacial score (nSPS) is 12.1. The minimum Gasteiger partial charge on any atom is -0.368 e. The Labute approximate surface area is 143 Å². The number of anilines is 3. The van der Waals surface area contributed by atoms with Gasteiger partial charge < -0.3 is 15.5 Å². The lowest BCUT2D eigenvalue weighted by Crippen LogP contribution is -2.29. The SMILES string of the molecule is CCN(CC)CCNc1ncc2c(c1C#N)Nc1ccccc1C2. The third-order valence-electron chi connectivity index (χ3n) is 4.54. The highest BCUT2D eigenvalue weighted by Crippen LogP contribution is 2.36. The molecule has 0 fully saturated rings. The molecule has 0 saturated heterocycles. The fraction of sp³-hybridized carbons (Fsp3) is 0.368. The first-order valence-electron chi connectivity index (χ1n) is 8.49. The first kappa shape index (κ1) is 16.3. The molecule has 3 rings (SSSR count). The molecule has 2 aromatic rings. The number of rotatable bonds is 6. The zero-order valence-corrected chi connectivity index (χ0v) is 14.3. The first-order valence-corrected chi connectivity index (χ1v) is 8.49. The highest BCUT2D eigenvalue weighted by atomic mass is 15.1. The van der Waals surface area contributed by atoms with E-state index < -0.39 is 0 Å². The zero-order valence-electron chi connectivity index (χ0n) is 14.3. The van der Waals surface area contributed by atoms with Crippen molar-refractivity contribution in [1.82, 2.24) is 9.88 Å². The Balaban J connectivity index is 1.80. The van der Waals surface area contributed by atoms with Crippen molar-refractivity contribution in [3.63, 3.8) is 0 Å². The van der Waals surface area contributed by atoms with Gasteiger partial charge in [-0.15, -0.1) is 0 Å². The number of aromatic nitrogens is 1. The van der Waals surface area contributed by atoms with Crippen LogP contribution in [-0.4, -0.2) is 36.1 Å². The fourth-order valence-electron chi connectivity index (χ4n) is 3.08. The van der Waals surface area contributed by atoms with E-state index in [1.165, 1.54) is 5.56 Å². The second kappa shape index (κ2) is 7.33. The Bertz CT molecular complexity index is 759. The Morgan fingerprint density at radius 1 is 1.25 bits per heavy atom. The Kier molecular flexibility index (Phi) is 4.97. The van der Waals surface area contributed by atoms with E-state index in [-0.39, 0.29) is 0 Å². The number of fused-ring (bicyclic) bond motifs is 2. The number of benzene rings is 1. The molecule has 0 aliphatic carbocycles.